The van der Waals surface area contributed by atoms with Gasteiger partial charge in [0.05, 0.1) is 6.42 Å². The fraction of sp³-hybridized carbons (Fsp3) is 0.500. The van der Waals surface area contributed by atoms with Crippen LogP contribution in [0.1, 0.15) is 56.6 Å². The SMILES string of the molecule is CCC(=O)CCCCCC(CNCCN1CCc2ccccc21)NC(=O)Cc1ccccc1. The number of hydrogen-bond acceptors (Lipinski definition) is 4. The summed E-state index contributed by atoms with van der Waals surface area (Å²) in [5.41, 5.74) is 3.83. The standard InChI is InChI=1S/C28H39N3O2/c1-2-26(32)15-8-4-7-14-25(30-28(33)21-23-11-5-3-6-12-23)22-29-18-20-31-19-17-24-13-9-10-16-27(24)31/h3,5-6,9-13,16,25,29H,2,4,7-8,14-15,17-22H2,1H3,(H,30,33). The Labute approximate surface area is 199 Å². The topological polar surface area (TPSA) is 61.4 Å². The first kappa shape index (κ1) is 25.0. The van der Waals surface area contributed by atoms with Crippen molar-refractivity contribution >= 4 is 17.4 Å². The average molecular weight is 450 g/mol. The van der Waals surface area contributed by atoms with Crippen LogP contribution in [0.5, 0.6) is 0 Å². The van der Waals surface area contributed by atoms with E-state index in [4.69, 9.17) is 0 Å². The van der Waals surface area contributed by atoms with E-state index in [-0.39, 0.29) is 11.9 Å². The molecule has 1 heterocycles. The summed E-state index contributed by atoms with van der Waals surface area (Å²) in [5, 5.41) is 6.81. The number of para-hydroxylation sites is 1. The molecule has 0 aliphatic carbocycles. The van der Waals surface area contributed by atoms with Gasteiger partial charge < -0.3 is 15.5 Å². The van der Waals surface area contributed by atoms with E-state index in [1.807, 2.05) is 37.3 Å². The lowest BCUT2D eigenvalue weighted by Crippen LogP contribution is -2.44. The highest BCUT2D eigenvalue weighted by Crippen LogP contribution is 2.26. The van der Waals surface area contributed by atoms with Crippen molar-refractivity contribution in [3.05, 3.63) is 65.7 Å². The number of unbranched alkanes of at least 4 members (excludes halogenated alkanes) is 2. The minimum Gasteiger partial charge on any atom is -0.370 e. The van der Waals surface area contributed by atoms with Crippen LogP contribution in [0.2, 0.25) is 0 Å². The summed E-state index contributed by atoms with van der Waals surface area (Å²) in [5.74, 6) is 0.412. The number of Topliss-reactive ketones (excluding diaryl/α,β-unsaturated/α-hetero) is 1. The maximum absolute atomic E-state index is 12.6. The van der Waals surface area contributed by atoms with Gasteiger partial charge in [0, 0.05) is 50.7 Å². The van der Waals surface area contributed by atoms with Crippen LogP contribution in [0.25, 0.3) is 0 Å². The zero-order chi connectivity index (χ0) is 23.3. The molecule has 2 aromatic carbocycles. The Morgan fingerprint density at radius 3 is 2.61 bits per heavy atom. The van der Waals surface area contributed by atoms with E-state index in [9.17, 15) is 9.59 Å². The molecule has 5 nitrogen and oxygen atoms in total. The van der Waals surface area contributed by atoms with Crippen molar-refractivity contribution in [2.24, 2.45) is 0 Å². The molecule has 0 aromatic heterocycles. The van der Waals surface area contributed by atoms with Crippen LogP contribution >= 0.6 is 0 Å². The molecule has 1 aliphatic heterocycles. The second-order valence-electron chi connectivity index (χ2n) is 8.99. The highest BCUT2D eigenvalue weighted by molar-refractivity contribution is 5.79. The predicted octanol–water partition coefficient (Wildman–Crippen LogP) is 4.30. The number of carbonyl (C=O) groups is 2. The van der Waals surface area contributed by atoms with Crippen molar-refractivity contribution in [1.29, 1.82) is 0 Å². The summed E-state index contributed by atoms with van der Waals surface area (Å²) in [6, 6.07) is 18.6. The molecule has 33 heavy (non-hydrogen) atoms. The number of amides is 1. The fourth-order valence-electron chi connectivity index (χ4n) is 4.48. The van der Waals surface area contributed by atoms with Crippen LogP contribution < -0.4 is 15.5 Å². The molecule has 3 rings (SSSR count). The van der Waals surface area contributed by atoms with Gasteiger partial charge in [0.25, 0.3) is 0 Å². The van der Waals surface area contributed by atoms with Gasteiger partial charge in [-0.15, -0.1) is 0 Å². The van der Waals surface area contributed by atoms with Crippen molar-refractivity contribution in [3.8, 4) is 0 Å². The summed E-state index contributed by atoms with van der Waals surface area (Å²) in [6.07, 6.45) is 6.76. The molecule has 0 bridgehead atoms. The van der Waals surface area contributed by atoms with Gasteiger partial charge in [0.1, 0.15) is 5.78 Å². The summed E-state index contributed by atoms with van der Waals surface area (Å²) in [4.78, 5) is 26.6. The third-order valence-electron chi connectivity index (χ3n) is 6.41. The lowest BCUT2D eigenvalue weighted by molar-refractivity contribution is -0.121. The number of benzene rings is 2. The number of anilines is 1. The van der Waals surface area contributed by atoms with E-state index >= 15 is 0 Å². The zero-order valence-electron chi connectivity index (χ0n) is 20.0. The second kappa shape index (κ2) is 13.8. The Bertz CT molecular complexity index is 868. The third-order valence-corrected chi connectivity index (χ3v) is 6.41. The molecule has 0 saturated carbocycles. The lowest BCUT2D eigenvalue weighted by atomic mass is 10.0. The van der Waals surface area contributed by atoms with E-state index in [0.717, 1.165) is 63.8 Å². The van der Waals surface area contributed by atoms with Crippen LogP contribution in [-0.4, -0.2) is 43.9 Å². The average Bonchev–Trinajstić information content (AvgIpc) is 3.24. The summed E-state index contributed by atoms with van der Waals surface area (Å²) in [7, 11) is 0. The molecule has 0 saturated heterocycles. The molecule has 0 fully saturated rings. The quantitative estimate of drug-likeness (QED) is 0.398. The molecule has 0 spiro atoms. The summed E-state index contributed by atoms with van der Waals surface area (Å²) in [6.45, 7) is 5.64. The maximum Gasteiger partial charge on any atom is 0.224 e. The minimum atomic E-state index is 0.0719. The van der Waals surface area contributed by atoms with Crippen LogP contribution in [0, 0.1) is 0 Å². The Morgan fingerprint density at radius 2 is 1.79 bits per heavy atom. The summed E-state index contributed by atoms with van der Waals surface area (Å²) >= 11 is 0. The van der Waals surface area contributed by atoms with Gasteiger partial charge in [0.2, 0.25) is 5.91 Å². The van der Waals surface area contributed by atoms with E-state index in [0.29, 0.717) is 25.0 Å². The normalized spacial score (nSPS) is 13.5. The van der Waals surface area contributed by atoms with Gasteiger partial charge in [-0.25, -0.2) is 0 Å². The van der Waals surface area contributed by atoms with Crippen molar-refractivity contribution in [3.63, 3.8) is 0 Å². The number of nitrogens with one attached hydrogen (secondary N) is 2. The van der Waals surface area contributed by atoms with Gasteiger partial charge in [-0.3, -0.25) is 9.59 Å². The largest absolute Gasteiger partial charge is 0.370 e. The summed E-state index contributed by atoms with van der Waals surface area (Å²) < 4.78 is 0. The minimum absolute atomic E-state index is 0.0719. The Hall–Kier alpha value is -2.66. The molecular weight excluding hydrogens is 410 g/mol. The smallest absolute Gasteiger partial charge is 0.224 e. The predicted molar refractivity (Wildman–Crippen MR) is 136 cm³/mol. The lowest BCUT2D eigenvalue weighted by Gasteiger charge is -2.22. The van der Waals surface area contributed by atoms with Gasteiger partial charge in [-0.2, -0.15) is 0 Å². The van der Waals surface area contributed by atoms with Crippen LogP contribution in [0.4, 0.5) is 5.69 Å². The van der Waals surface area contributed by atoms with E-state index < -0.39 is 0 Å². The van der Waals surface area contributed by atoms with Crippen LogP contribution in [-0.2, 0) is 22.4 Å². The first-order valence-electron chi connectivity index (χ1n) is 12.5. The van der Waals surface area contributed by atoms with Gasteiger partial charge in [-0.1, -0.05) is 68.3 Å². The molecule has 1 aliphatic rings. The van der Waals surface area contributed by atoms with E-state index in [1.54, 1.807) is 0 Å². The molecule has 2 aromatic rings. The fourth-order valence-corrected chi connectivity index (χ4v) is 4.48. The van der Waals surface area contributed by atoms with Crippen molar-refractivity contribution in [2.75, 3.05) is 31.1 Å². The molecule has 2 N–H and O–H groups in total. The maximum atomic E-state index is 12.6. The highest BCUT2D eigenvalue weighted by atomic mass is 16.1. The van der Waals surface area contributed by atoms with Crippen LogP contribution in [0.15, 0.2) is 54.6 Å². The molecule has 1 unspecified atom stereocenters. The van der Waals surface area contributed by atoms with Crippen molar-refractivity contribution in [1.82, 2.24) is 10.6 Å². The number of fused-ring (bicyclic) bond motifs is 1. The van der Waals surface area contributed by atoms with Crippen molar-refractivity contribution in [2.45, 2.75) is 64.3 Å². The Kier molecular flexibility index (Phi) is 10.4. The van der Waals surface area contributed by atoms with Crippen LogP contribution in [0.3, 0.4) is 0 Å². The Morgan fingerprint density at radius 1 is 1.00 bits per heavy atom. The monoisotopic (exact) mass is 449 g/mol. The first-order valence-corrected chi connectivity index (χ1v) is 12.5. The van der Waals surface area contributed by atoms with E-state index in [1.165, 1.54) is 11.3 Å². The third kappa shape index (κ3) is 8.65. The number of rotatable bonds is 15. The Balaban J connectivity index is 1.42. The number of ketones is 1. The van der Waals surface area contributed by atoms with Gasteiger partial charge >= 0.3 is 0 Å². The molecule has 178 valence electrons. The van der Waals surface area contributed by atoms with Crippen molar-refractivity contribution < 1.29 is 9.59 Å². The first-order chi connectivity index (χ1) is 16.2. The van der Waals surface area contributed by atoms with Gasteiger partial charge in [-0.05, 0) is 36.5 Å². The zero-order valence-corrected chi connectivity index (χ0v) is 20.0. The highest BCUT2D eigenvalue weighted by Gasteiger charge is 2.18. The molecule has 1 atom stereocenters. The number of nitrogens with zero attached hydrogens (tertiary/aromatic N) is 1. The molecule has 0 radical (unpaired) electrons. The molecule has 5 heteroatoms. The number of hydrogen-bond donors (Lipinski definition) is 2. The molecule has 1 amide bonds. The second-order valence-corrected chi connectivity index (χ2v) is 8.99. The van der Waals surface area contributed by atoms with E-state index in [2.05, 4.69) is 39.8 Å². The van der Waals surface area contributed by atoms with Gasteiger partial charge in [0.15, 0.2) is 0 Å². The number of carbonyl (C=O) groups excluding carboxylic acids is 2. The molecular formula is C28H39N3O2.